The van der Waals surface area contributed by atoms with E-state index in [0.29, 0.717) is 16.9 Å². The molecule has 216 valence electrons. The number of nitrogens with zero attached hydrogens (tertiary/aromatic N) is 2. The molecule has 4 aromatic rings. The Morgan fingerprint density at radius 1 is 0.951 bits per heavy atom. The summed E-state index contributed by atoms with van der Waals surface area (Å²) in [5, 5.41) is 12.6. The van der Waals surface area contributed by atoms with Gasteiger partial charge in [-0.3, -0.25) is 9.36 Å². The average molecular weight is 726 g/mol. The molecular weight excluding hydrogens is 699 g/mol. The van der Waals surface area contributed by atoms with Crippen LogP contribution in [0.1, 0.15) is 35.7 Å². The van der Waals surface area contributed by atoms with Crippen LogP contribution in [-0.2, 0) is 23.6 Å². The van der Waals surface area contributed by atoms with Crippen molar-refractivity contribution in [3.05, 3.63) is 99.1 Å². The molecule has 3 N–H and O–H groups in total. The number of halogens is 2. The maximum atomic E-state index is 13.9. The third-order valence-electron chi connectivity index (χ3n) is 5.88. The van der Waals surface area contributed by atoms with Gasteiger partial charge in [0.2, 0.25) is 10.0 Å². The minimum atomic E-state index is -3.90. The lowest BCUT2D eigenvalue weighted by atomic mass is 10.1. The third kappa shape index (κ3) is 7.42. The van der Waals surface area contributed by atoms with Gasteiger partial charge in [0, 0.05) is 14.5 Å². The number of carbonyl (C=O) groups is 1. The Morgan fingerprint density at radius 3 is 2.00 bits per heavy atom. The van der Waals surface area contributed by atoms with Gasteiger partial charge in [-0.1, -0.05) is 56.1 Å². The molecule has 1 unspecified atom stereocenters. The number of sulfonamides is 1. The van der Waals surface area contributed by atoms with Gasteiger partial charge in [0.1, 0.15) is 0 Å². The quantitative estimate of drug-likeness (QED) is 0.170. The number of nitrogens with one attached hydrogen (secondary N) is 1. The molecule has 0 aliphatic carbocycles. The Hall–Kier alpha value is -2.64. The maximum absolute atomic E-state index is 13.9. The Balaban J connectivity index is 1.79. The van der Waals surface area contributed by atoms with Gasteiger partial charge in [0.25, 0.3) is 5.91 Å². The summed E-state index contributed by atoms with van der Waals surface area (Å²) in [4.78, 5) is 13.6. The van der Waals surface area contributed by atoms with E-state index >= 15 is 0 Å². The van der Waals surface area contributed by atoms with Crippen LogP contribution in [0, 0.1) is 0 Å². The first-order valence-corrected chi connectivity index (χ1v) is 17.1. The SMILES string of the molecule is CCOP(=O)(OCC)C(NC(=O)c1cc(-c2ccc(Br)cc2)n(-c2ccc(S(N)(=O)=O)cc2)n1)c1ccc(Br)cc1. The van der Waals surface area contributed by atoms with Crippen LogP contribution >= 0.6 is 39.5 Å². The van der Waals surface area contributed by atoms with E-state index in [0.717, 1.165) is 14.5 Å². The smallest absolute Gasteiger partial charge is 0.333 e. The van der Waals surface area contributed by atoms with Crippen molar-refractivity contribution in [3.8, 4) is 16.9 Å². The van der Waals surface area contributed by atoms with Crippen molar-refractivity contribution >= 4 is 55.4 Å². The topological polar surface area (TPSA) is 143 Å². The van der Waals surface area contributed by atoms with E-state index in [1.165, 1.54) is 16.8 Å². The molecule has 0 saturated carbocycles. The molecule has 4 rings (SSSR count). The number of carbonyl (C=O) groups excluding carboxylic acids is 1. The van der Waals surface area contributed by atoms with Crippen LogP contribution in [0.4, 0.5) is 0 Å². The van der Waals surface area contributed by atoms with Crippen molar-refractivity contribution in [2.45, 2.75) is 24.5 Å². The van der Waals surface area contributed by atoms with Crippen LogP contribution in [0.25, 0.3) is 16.9 Å². The fraction of sp³-hybridized carbons (Fsp3) is 0.185. The summed E-state index contributed by atoms with van der Waals surface area (Å²) in [5.74, 6) is -1.73. The largest absolute Gasteiger partial charge is 0.357 e. The predicted molar refractivity (Wildman–Crippen MR) is 163 cm³/mol. The molecule has 1 aromatic heterocycles. The minimum Gasteiger partial charge on any atom is -0.333 e. The number of primary sulfonamides is 1. The van der Waals surface area contributed by atoms with Gasteiger partial charge in [-0.05, 0) is 74.0 Å². The van der Waals surface area contributed by atoms with Crippen molar-refractivity contribution in [2.24, 2.45) is 5.14 Å². The van der Waals surface area contributed by atoms with E-state index in [1.807, 2.05) is 24.3 Å². The van der Waals surface area contributed by atoms with E-state index in [1.54, 1.807) is 56.3 Å². The predicted octanol–water partition coefficient (Wildman–Crippen LogP) is 6.41. The van der Waals surface area contributed by atoms with Gasteiger partial charge in [-0.25, -0.2) is 18.2 Å². The molecule has 0 fully saturated rings. The summed E-state index contributed by atoms with van der Waals surface area (Å²) in [7, 11) is -7.74. The minimum absolute atomic E-state index is 0.0279. The first kappa shape index (κ1) is 31.3. The Morgan fingerprint density at radius 2 is 1.49 bits per heavy atom. The normalized spacial score (nSPS) is 12.7. The van der Waals surface area contributed by atoms with Crippen LogP contribution in [0.15, 0.2) is 92.7 Å². The van der Waals surface area contributed by atoms with Crippen LogP contribution in [0.2, 0.25) is 0 Å². The molecule has 1 atom stereocenters. The summed E-state index contributed by atoms with van der Waals surface area (Å²) in [6.07, 6.45) is 0. The van der Waals surface area contributed by atoms with Crippen molar-refractivity contribution in [3.63, 3.8) is 0 Å². The zero-order chi connectivity index (χ0) is 29.8. The van der Waals surface area contributed by atoms with Crippen molar-refractivity contribution in [1.29, 1.82) is 0 Å². The van der Waals surface area contributed by atoms with Crippen LogP contribution in [0.3, 0.4) is 0 Å². The van der Waals surface area contributed by atoms with Crippen molar-refractivity contribution in [2.75, 3.05) is 13.2 Å². The number of rotatable bonds is 11. The molecule has 0 bridgehead atoms. The summed E-state index contributed by atoms with van der Waals surface area (Å²) in [6, 6.07) is 21.8. The molecule has 0 radical (unpaired) electrons. The zero-order valence-corrected chi connectivity index (χ0v) is 26.9. The monoisotopic (exact) mass is 724 g/mol. The number of amides is 1. The molecule has 10 nitrogen and oxygen atoms in total. The Kier molecular flexibility index (Phi) is 10.0. The van der Waals surface area contributed by atoms with E-state index in [4.69, 9.17) is 14.2 Å². The highest BCUT2D eigenvalue weighted by atomic mass is 79.9. The Labute approximate surface area is 255 Å². The number of hydrogen-bond acceptors (Lipinski definition) is 7. The van der Waals surface area contributed by atoms with Gasteiger partial charge in [0.15, 0.2) is 11.5 Å². The molecule has 3 aromatic carbocycles. The third-order valence-corrected chi connectivity index (χ3v) is 10.2. The maximum Gasteiger partial charge on any atom is 0.357 e. The van der Waals surface area contributed by atoms with Crippen LogP contribution in [0.5, 0.6) is 0 Å². The van der Waals surface area contributed by atoms with Gasteiger partial charge >= 0.3 is 7.60 Å². The first-order chi connectivity index (χ1) is 19.4. The lowest BCUT2D eigenvalue weighted by Crippen LogP contribution is -2.30. The lowest BCUT2D eigenvalue weighted by Gasteiger charge is -2.27. The van der Waals surface area contributed by atoms with Gasteiger partial charge < -0.3 is 14.4 Å². The lowest BCUT2D eigenvalue weighted by molar-refractivity contribution is 0.0931. The fourth-order valence-electron chi connectivity index (χ4n) is 4.03. The molecule has 1 heterocycles. The van der Waals surface area contributed by atoms with Crippen molar-refractivity contribution in [1.82, 2.24) is 15.1 Å². The highest BCUT2D eigenvalue weighted by molar-refractivity contribution is 9.10. The highest BCUT2D eigenvalue weighted by Gasteiger charge is 2.39. The van der Waals surface area contributed by atoms with E-state index in [-0.39, 0.29) is 23.8 Å². The summed E-state index contributed by atoms with van der Waals surface area (Å²) < 4.78 is 51.7. The number of hydrogen-bond donors (Lipinski definition) is 2. The van der Waals surface area contributed by atoms with Gasteiger partial charge in [0.05, 0.1) is 29.5 Å². The molecule has 0 saturated heterocycles. The number of aromatic nitrogens is 2. The fourth-order valence-corrected chi connectivity index (χ4v) is 6.98. The van der Waals surface area contributed by atoms with E-state index in [9.17, 15) is 17.8 Å². The molecule has 1 amide bonds. The molecule has 41 heavy (non-hydrogen) atoms. The number of benzene rings is 3. The molecule has 0 aliphatic rings. The van der Waals surface area contributed by atoms with Gasteiger partial charge in [-0.15, -0.1) is 0 Å². The summed E-state index contributed by atoms with van der Waals surface area (Å²) in [5.41, 5.74) is 2.35. The second-order valence-corrected chi connectivity index (χ2v) is 14.2. The van der Waals surface area contributed by atoms with E-state index in [2.05, 4.69) is 42.3 Å². The second-order valence-electron chi connectivity index (χ2n) is 8.68. The highest BCUT2D eigenvalue weighted by Crippen LogP contribution is 2.59. The average Bonchev–Trinajstić information content (AvgIpc) is 3.38. The standard InChI is InChI=1S/C27H27Br2N4O6PS/c1-3-38-40(35,39-4-2)27(19-7-11-21(29)12-8-19)31-26(34)24-17-25(18-5-9-20(28)10-6-18)33(32-24)22-13-15-23(16-14-22)41(30,36)37/h5-17,27H,3-4H2,1-2H3,(H,31,34)(H2,30,36,37). The molecular formula is C27H27Br2N4O6PS. The summed E-state index contributed by atoms with van der Waals surface area (Å²) in [6.45, 7) is 3.60. The van der Waals surface area contributed by atoms with Crippen LogP contribution < -0.4 is 10.5 Å². The second kappa shape index (κ2) is 13.1. The van der Waals surface area contributed by atoms with Gasteiger partial charge in [-0.2, -0.15) is 5.10 Å². The zero-order valence-electron chi connectivity index (χ0n) is 22.0. The Bertz CT molecular complexity index is 1670. The van der Waals surface area contributed by atoms with Crippen LogP contribution in [-0.4, -0.2) is 37.3 Å². The van der Waals surface area contributed by atoms with Crippen molar-refractivity contribution < 1.29 is 26.8 Å². The molecule has 0 aliphatic heterocycles. The number of nitrogens with two attached hydrogens (primary N) is 1. The van der Waals surface area contributed by atoms with E-state index < -0.39 is 29.3 Å². The summed E-state index contributed by atoms with van der Waals surface area (Å²) >= 11 is 6.82. The molecule has 14 heteroatoms. The first-order valence-electron chi connectivity index (χ1n) is 12.4. The molecule has 0 spiro atoms.